The first-order valence-corrected chi connectivity index (χ1v) is 10.0. The molecule has 7 nitrogen and oxygen atoms in total. The second kappa shape index (κ2) is 8.93. The van der Waals surface area contributed by atoms with Crippen LogP contribution in [-0.4, -0.2) is 34.9 Å². The van der Waals surface area contributed by atoms with Crippen LogP contribution in [0.1, 0.15) is 44.3 Å². The number of carboxylic acid groups (broad SMARTS) is 1. The Hall–Kier alpha value is -4.13. The van der Waals surface area contributed by atoms with Gasteiger partial charge >= 0.3 is 5.97 Å². The molecule has 0 bridgehead atoms. The van der Waals surface area contributed by atoms with Crippen molar-refractivity contribution in [1.82, 2.24) is 4.90 Å². The maximum Gasteiger partial charge on any atom is 0.305 e. The van der Waals surface area contributed by atoms with E-state index in [0.717, 1.165) is 10.5 Å². The summed E-state index contributed by atoms with van der Waals surface area (Å²) in [6, 6.07) is 20.0. The Morgan fingerprint density at radius 3 is 2.12 bits per heavy atom. The van der Waals surface area contributed by atoms with E-state index < -0.39 is 30.2 Å². The van der Waals surface area contributed by atoms with Gasteiger partial charge in [-0.3, -0.25) is 19.3 Å². The third-order valence-electron chi connectivity index (χ3n) is 5.31. The van der Waals surface area contributed by atoms with Gasteiger partial charge in [-0.05, 0) is 35.4 Å². The second-order valence-electron chi connectivity index (χ2n) is 7.32. The number of methoxy groups -OCH3 is 1. The molecular formula is C25H21NO6. The number of rotatable bonds is 8. The SMILES string of the molecule is COc1cc(C(CC(=O)O)N2C(=O)c3ccccc3C2=O)ccc1OCc1ccccc1. The Morgan fingerprint density at radius 1 is 0.906 bits per heavy atom. The van der Waals surface area contributed by atoms with Crippen molar-refractivity contribution in [1.29, 1.82) is 0 Å². The summed E-state index contributed by atoms with van der Waals surface area (Å²) in [5, 5.41) is 9.48. The van der Waals surface area contributed by atoms with E-state index in [9.17, 15) is 19.5 Å². The van der Waals surface area contributed by atoms with Gasteiger partial charge in [0, 0.05) is 0 Å². The molecule has 0 fully saturated rings. The number of imide groups is 1. The average Bonchev–Trinajstić information content (AvgIpc) is 3.07. The molecule has 7 heteroatoms. The summed E-state index contributed by atoms with van der Waals surface area (Å²) in [5.74, 6) is -1.31. The summed E-state index contributed by atoms with van der Waals surface area (Å²) in [7, 11) is 1.47. The van der Waals surface area contributed by atoms with Gasteiger partial charge in [0.2, 0.25) is 0 Å². The number of ether oxygens (including phenoxy) is 2. The molecule has 0 aromatic heterocycles. The molecule has 1 atom stereocenters. The number of benzene rings is 3. The lowest BCUT2D eigenvalue weighted by atomic mass is 10.0. The van der Waals surface area contributed by atoms with Crippen LogP contribution >= 0.6 is 0 Å². The fourth-order valence-electron chi connectivity index (χ4n) is 3.76. The first kappa shape index (κ1) is 21.1. The Morgan fingerprint density at radius 2 is 1.53 bits per heavy atom. The standard InChI is InChI=1S/C25H21NO6/c1-31-22-13-17(11-12-21(22)32-15-16-7-3-2-4-8-16)20(14-23(27)28)26-24(29)18-9-5-6-10-19(18)25(26)30/h2-13,20H,14-15H2,1H3,(H,27,28). The van der Waals surface area contributed by atoms with Crippen LogP contribution in [0.15, 0.2) is 72.8 Å². The fraction of sp³-hybridized carbons (Fsp3) is 0.160. The Bertz CT molecular complexity index is 1140. The molecule has 0 saturated carbocycles. The highest BCUT2D eigenvalue weighted by Gasteiger charge is 2.41. The molecule has 1 N–H and O–H groups in total. The molecule has 1 unspecified atom stereocenters. The van der Waals surface area contributed by atoms with Crippen molar-refractivity contribution in [3.63, 3.8) is 0 Å². The second-order valence-corrected chi connectivity index (χ2v) is 7.32. The van der Waals surface area contributed by atoms with Gasteiger partial charge in [0.15, 0.2) is 11.5 Å². The zero-order valence-corrected chi connectivity index (χ0v) is 17.4. The molecule has 1 heterocycles. The zero-order chi connectivity index (χ0) is 22.7. The van der Waals surface area contributed by atoms with Crippen molar-refractivity contribution in [2.75, 3.05) is 7.11 Å². The maximum atomic E-state index is 12.9. The first-order chi connectivity index (χ1) is 15.5. The Kier molecular flexibility index (Phi) is 5.89. The molecule has 1 aliphatic heterocycles. The minimum Gasteiger partial charge on any atom is -0.493 e. The Balaban J connectivity index is 1.65. The number of hydrogen-bond donors (Lipinski definition) is 1. The van der Waals surface area contributed by atoms with E-state index in [1.807, 2.05) is 30.3 Å². The number of carboxylic acids is 1. The quantitative estimate of drug-likeness (QED) is 0.540. The summed E-state index contributed by atoms with van der Waals surface area (Å²) in [6.45, 7) is 0.327. The number of carbonyl (C=O) groups is 3. The van der Waals surface area contributed by atoms with E-state index in [1.54, 1.807) is 42.5 Å². The van der Waals surface area contributed by atoms with E-state index in [-0.39, 0.29) is 11.1 Å². The van der Waals surface area contributed by atoms with Crippen molar-refractivity contribution < 1.29 is 29.0 Å². The molecule has 162 valence electrons. The van der Waals surface area contributed by atoms with Gasteiger partial charge in [-0.15, -0.1) is 0 Å². The fourth-order valence-corrected chi connectivity index (χ4v) is 3.76. The number of hydrogen-bond acceptors (Lipinski definition) is 5. The van der Waals surface area contributed by atoms with Crippen LogP contribution in [0.4, 0.5) is 0 Å². The summed E-state index contributed by atoms with van der Waals surface area (Å²) >= 11 is 0. The minimum absolute atomic E-state index is 0.266. The third kappa shape index (κ3) is 4.05. The molecule has 32 heavy (non-hydrogen) atoms. The predicted molar refractivity (Wildman–Crippen MR) is 116 cm³/mol. The van der Waals surface area contributed by atoms with Crippen LogP contribution in [-0.2, 0) is 11.4 Å². The van der Waals surface area contributed by atoms with Gasteiger partial charge in [-0.2, -0.15) is 0 Å². The van der Waals surface area contributed by atoms with Crippen LogP contribution in [0.2, 0.25) is 0 Å². The molecule has 2 amide bonds. The highest BCUT2D eigenvalue weighted by molar-refractivity contribution is 6.21. The van der Waals surface area contributed by atoms with Crippen LogP contribution < -0.4 is 9.47 Å². The molecule has 4 rings (SSSR count). The summed E-state index contributed by atoms with van der Waals surface area (Å²) in [5.41, 5.74) is 1.98. The lowest BCUT2D eigenvalue weighted by molar-refractivity contribution is -0.138. The van der Waals surface area contributed by atoms with Crippen molar-refractivity contribution in [3.8, 4) is 11.5 Å². The predicted octanol–water partition coefficient (Wildman–Crippen LogP) is 4.09. The highest BCUT2D eigenvalue weighted by atomic mass is 16.5. The lowest BCUT2D eigenvalue weighted by Crippen LogP contribution is -2.35. The molecule has 1 aliphatic rings. The number of carbonyl (C=O) groups excluding carboxylic acids is 2. The molecular weight excluding hydrogens is 410 g/mol. The normalized spacial score (nSPS) is 13.6. The number of fused-ring (bicyclic) bond motifs is 1. The highest BCUT2D eigenvalue weighted by Crippen LogP contribution is 2.37. The maximum absolute atomic E-state index is 12.9. The lowest BCUT2D eigenvalue weighted by Gasteiger charge is -2.26. The van der Waals surface area contributed by atoms with Crippen molar-refractivity contribution in [2.24, 2.45) is 0 Å². The van der Waals surface area contributed by atoms with Gasteiger partial charge in [-0.1, -0.05) is 48.5 Å². The molecule has 0 radical (unpaired) electrons. The van der Waals surface area contributed by atoms with Crippen LogP contribution in [0.25, 0.3) is 0 Å². The van der Waals surface area contributed by atoms with Gasteiger partial charge in [0.1, 0.15) is 6.61 Å². The average molecular weight is 431 g/mol. The van der Waals surface area contributed by atoms with E-state index in [2.05, 4.69) is 0 Å². The largest absolute Gasteiger partial charge is 0.493 e. The number of nitrogens with zero attached hydrogens (tertiary/aromatic N) is 1. The van der Waals surface area contributed by atoms with Gasteiger partial charge in [0.25, 0.3) is 11.8 Å². The van der Waals surface area contributed by atoms with Crippen molar-refractivity contribution >= 4 is 17.8 Å². The molecule has 3 aromatic carbocycles. The monoisotopic (exact) mass is 431 g/mol. The topological polar surface area (TPSA) is 93.1 Å². The number of amides is 2. The van der Waals surface area contributed by atoms with Crippen molar-refractivity contribution in [2.45, 2.75) is 19.1 Å². The van der Waals surface area contributed by atoms with Crippen LogP contribution in [0.5, 0.6) is 11.5 Å². The summed E-state index contributed by atoms with van der Waals surface area (Å²) in [4.78, 5) is 38.5. The first-order valence-electron chi connectivity index (χ1n) is 10.0. The van der Waals surface area contributed by atoms with Crippen molar-refractivity contribution in [3.05, 3.63) is 95.1 Å². The van der Waals surface area contributed by atoms with E-state index in [0.29, 0.717) is 23.7 Å². The van der Waals surface area contributed by atoms with Crippen LogP contribution in [0.3, 0.4) is 0 Å². The van der Waals surface area contributed by atoms with Gasteiger partial charge < -0.3 is 14.6 Å². The third-order valence-corrected chi connectivity index (χ3v) is 5.31. The van der Waals surface area contributed by atoms with Crippen LogP contribution in [0, 0.1) is 0 Å². The van der Waals surface area contributed by atoms with E-state index >= 15 is 0 Å². The molecule has 0 aliphatic carbocycles. The van der Waals surface area contributed by atoms with E-state index in [1.165, 1.54) is 7.11 Å². The smallest absolute Gasteiger partial charge is 0.305 e. The summed E-state index contributed by atoms with van der Waals surface area (Å²) < 4.78 is 11.3. The summed E-state index contributed by atoms with van der Waals surface area (Å²) in [6.07, 6.45) is -0.432. The molecule has 0 spiro atoms. The molecule has 0 saturated heterocycles. The van der Waals surface area contributed by atoms with Gasteiger partial charge in [-0.25, -0.2) is 0 Å². The minimum atomic E-state index is -1.13. The molecule has 3 aromatic rings. The zero-order valence-electron chi connectivity index (χ0n) is 17.4. The Labute approximate surface area is 184 Å². The van der Waals surface area contributed by atoms with Gasteiger partial charge in [0.05, 0.1) is 30.7 Å². The van der Waals surface area contributed by atoms with E-state index in [4.69, 9.17) is 9.47 Å². The number of aliphatic carboxylic acids is 1.